The van der Waals surface area contributed by atoms with Crippen molar-refractivity contribution in [2.75, 3.05) is 0 Å². The van der Waals surface area contributed by atoms with Crippen molar-refractivity contribution in [2.45, 2.75) is 39.2 Å². The van der Waals surface area contributed by atoms with Gasteiger partial charge in [0, 0.05) is 19.3 Å². The van der Waals surface area contributed by atoms with Gasteiger partial charge in [-0.3, -0.25) is 9.59 Å². The molecule has 1 aliphatic rings. The van der Waals surface area contributed by atoms with E-state index in [1.54, 1.807) is 0 Å². The van der Waals surface area contributed by atoms with Crippen LogP contribution in [0.1, 0.15) is 33.1 Å². The molecule has 3 heteroatoms. The van der Waals surface area contributed by atoms with Gasteiger partial charge in [-0.05, 0) is 12.8 Å². The van der Waals surface area contributed by atoms with Gasteiger partial charge in [-0.25, -0.2) is 0 Å². The second-order valence-corrected chi connectivity index (χ2v) is 3.20. The number of carbonyl (C=O) groups is 2. The average Bonchev–Trinajstić information content (AvgIpc) is 2.32. The van der Waals surface area contributed by atoms with Gasteiger partial charge in [0.2, 0.25) is 0 Å². The van der Waals surface area contributed by atoms with Crippen molar-refractivity contribution in [2.24, 2.45) is 5.92 Å². The molecule has 0 aliphatic heterocycles. The fourth-order valence-corrected chi connectivity index (χ4v) is 1.64. The molecule has 1 fully saturated rings. The van der Waals surface area contributed by atoms with Gasteiger partial charge in [0.1, 0.15) is 0 Å². The summed E-state index contributed by atoms with van der Waals surface area (Å²) in [4.78, 5) is 21.8. The van der Waals surface area contributed by atoms with E-state index in [1.807, 2.05) is 6.92 Å². The molecule has 0 heterocycles. The van der Waals surface area contributed by atoms with Crippen molar-refractivity contribution in [3.63, 3.8) is 0 Å². The number of hydrogen-bond donors (Lipinski definition) is 0. The number of hydrogen-bond acceptors (Lipinski definition) is 3. The van der Waals surface area contributed by atoms with Crippen LogP contribution >= 0.6 is 0 Å². The van der Waals surface area contributed by atoms with Gasteiger partial charge in [0.25, 0.3) is 0 Å². The molecule has 0 spiro atoms. The Kier molecular flexibility index (Phi) is 2.84. The summed E-state index contributed by atoms with van der Waals surface area (Å²) in [5.74, 6) is -0.0212. The molecule has 0 amide bonds. The number of rotatable bonds is 2. The normalized spacial score (nSPS) is 29.0. The highest BCUT2D eigenvalue weighted by Gasteiger charge is 2.35. The molecule has 12 heavy (non-hydrogen) atoms. The molecular weight excluding hydrogens is 156 g/mol. The maximum Gasteiger partial charge on any atom is 0.303 e. The largest absolute Gasteiger partial charge is 0.454 e. The van der Waals surface area contributed by atoms with Crippen molar-refractivity contribution in [1.29, 1.82) is 0 Å². The molecule has 3 nitrogen and oxygen atoms in total. The predicted molar refractivity (Wildman–Crippen MR) is 43.6 cm³/mol. The van der Waals surface area contributed by atoms with E-state index in [9.17, 15) is 9.59 Å². The summed E-state index contributed by atoms with van der Waals surface area (Å²) in [6.45, 7) is 3.36. The third-order valence-corrected chi connectivity index (χ3v) is 2.32. The lowest BCUT2D eigenvalue weighted by Gasteiger charge is -2.15. The molecular formula is C9H14O3. The first-order valence-electron chi connectivity index (χ1n) is 4.35. The Morgan fingerprint density at radius 3 is 2.83 bits per heavy atom. The molecule has 0 aromatic rings. The first kappa shape index (κ1) is 9.23. The molecule has 68 valence electrons. The van der Waals surface area contributed by atoms with Crippen LogP contribution in [0.25, 0.3) is 0 Å². The fraction of sp³-hybridized carbons (Fsp3) is 0.778. The van der Waals surface area contributed by atoms with E-state index in [2.05, 4.69) is 0 Å². The Morgan fingerprint density at radius 1 is 1.67 bits per heavy atom. The second kappa shape index (κ2) is 3.70. The van der Waals surface area contributed by atoms with E-state index in [4.69, 9.17) is 4.74 Å². The molecule has 2 unspecified atom stereocenters. The Labute approximate surface area is 72.1 Å². The first-order chi connectivity index (χ1) is 5.65. The number of esters is 1. The Morgan fingerprint density at radius 2 is 2.33 bits per heavy atom. The molecule has 1 aliphatic carbocycles. The predicted octanol–water partition coefficient (Wildman–Crippen LogP) is 1.31. The lowest BCUT2D eigenvalue weighted by molar-refractivity contribution is -0.153. The van der Waals surface area contributed by atoms with Crippen molar-refractivity contribution in [3.05, 3.63) is 0 Å². The van der Waals surface area contributed by atoms with E-state index in [1.165, 1.54) is 6.92 Å². The van der Waals surface area contributed by atoms with Gasteiger partial charge < -0.3 is 4.74 Å². The summed E-state index contributed by atoms with van der Waals surface area (Å²) in [6.07, 6.45) is 1.89. The Balaban J connectivity index is 2.57. The molecule has 0 aromatic carbocycles. The molecule has 1 rings (SSSR count). The van der Waals surface area contributed by atoms with Gasteiger partial charge >= 0.3 is 5.97 Å². The number of ether oxygens (including phenoxy) is 1. The van der Waals surface area contributed by atoms with E-state index >= 15 is 0 Å². The van der Waals surface area contributed by atoms with Gasteiger partial charge in [-0.15, -0.1) is 0 Å². The first-order valence-corrected chi connectivity index (χ1v) is 4.35. The zero-order chi connectivity index (χ0) is 9.14. The molecule has 2 atom stereocenters. The maximum absolute atomic E-state index is 11.2. The van der Waals surface area contributed by atoms with Gasteiger partial charge in [-0.1, -0.05) is 6.92 Å². The molecule has 0 saturated heterocycles. The minimum atomic E-state index is -0.451. The minimum absolute atomic E-state index is 0.0806. The zero-order valence-electron chi connectivity index (χ0n) is 7.50. The van der Waals surface area contributed by atoms with E-state index in [-0.39, 0.29) is 17.7 Å². The summed E-state index contributed by atoms with van der Waals surface area (Å²) in [6, 6.07) is 0. The summed E-state index contributed by atoms with van der Waals surface area (Å²) in [7, 11) is 0. The highest BCUT2D eigenvalue weighted by atomic mass is 16.5. The Bertz CT molecular complexity index is 198. The topological polar surface area (TPSA) is 43.4 Å². The van der Waals surface area contributed by atoms with E-state index in [0.717, 1.165) is 12.8 Å². The fourth-order valence-electron chi connectivity index (χ4n) is 1.64. The van der Waals surface area contributed by atoms with Crippen LogP contribution < -0.4 is 0 Å². The van der Waals surface area contributed by atoms with Crippen molar-refractivity contribution < 1.29 is 14.3 Å². The minimum Gasteiger partial charge on any atom is -0.454 e. The van der Waals surface area contributed by atoms with Crippen molar-refractivity contribution in [1.82, 2.24) is 0 Å². The Hall–Kier alpha value is -0.860. The van der Waals surface area contributed by atoms with Crippen molar-refractivity contribution in [3.8, 4) is 0 Å². The van der Waals surface area contributed by atoms with E-state index in [0.29, 0.717) is 6.42 Å². The van der Waals surface area contributed by atoms with Crippen LogP contribution in [0.5, 0.6) is 0 Å². The zero-order valence-corrected chi connectivity index (χ0v) is 7.50. The van der Waals surface area contributed by atoms with Gasteiger partial charge in [-0.2, -0.15) is 0 Å². The molecule has 0 bridgehead atoms. The lowest BCUT2D eigenvalue weighted by Crippen LogP contribution is -2.26. The monoisotopic (exact) mass is 170 g/mol. The summed E-state index contributed by atoms with van der Waals surface area (Å²) in [5, 5.41) is 0. The van der Waals surface area contributed by atoms with Gasteiger partial charge in [0.15, 0.2) is 11.9 Å². The highest BCUT2D eigenvalue weighted by molar-refractivity contribution is 5.87. The van der Waals surface area contributed by atoms with Crippen LogP contribution in [0.2, 0.25) is 0 Å². The van der Waals surface area contributed by atoms with Crippen LogP contribution in [-0.4, -0.2) is 17.9 Å². The van der Waals surface area contributed by atoms with Crippen molar-refractivity contribution >= 4 is 11.8 Å². The van der Waals surface area contributed by atoms with Gasteiger partial charge in [0.05, 0.1) is 0 Å². The maximum atomic E-state index is 11.2. The van der Waals surface area contributed by atoms with Crippen LogP contribution in [0.4, 0.5) is 0 Å². The second-order valence-electron chi connectivity index (χ2n) is 3.20. The van der Waals surface area contributed by atoms with Crippen LogP contribution in [0.15, 0.2) is 0 Å². The standard InChI is InChI=1S/C9H14O3/c1-3-7-4-5-8(11)9(7)12-6(2)10/h7,9H,3-5H2,1-2H3. The highest BCUT2D eigenvalue weighted by Crippen LogP contribution is 2.27. The summed E-state index contributed by atoms with van der Waals surface area (Å²) >= 11 is 0. The lowest BCUT2D eigenvalue weighted by atomic mass is 10.0. The summed E-state index contributed by atoms with van der Waals surface area (Å²) in [5.41, 5.74) is 0. The smallest absolute Gasteiger partial charge is 0.303 e. The van der Waals surface area contributed by atoms with Crippen LogP contribution in [0.3, 0.4) is 0 Å². The average molecular weight is 170 g/mol. The number of carbonyl (C=O) groups excluding carboxylic acids is 2. The third kappa shape index (κ3) is 1.84. The van der Waals surface area contributed by atoms with E-state index < -0.39 is 6.10 Å². The molecule has 0 aromatic heterocycles. The van der Waals surface area contributed by atoms with Crippen LogP contribution in [-0.2, 0) is 14.3 Å². The van der Waals surface area contributed by atoms with Crippen LogP contribution in [0, 0.1) is 5.92 Å². The third-order valence-electron chi connectivity index (χ3n) is 2.32. The quantitative estimate of drug-likeness (QED) is 0.587. The number of ketones is 1. The molecule has 1 saturated carbocycles. The molecule has 0 N–H and O–H groups in total. The number of Topliss-reactive ketones (excluding diaryl/α,β-unsaturated/α-hetero) is 1. The summed E-state index contributed by atoms with van der Waals surface area (Å²) < 4.78 is 4.94. The molecule has 0 radical (unpaired) electrons. The SMILES string of the molecule is CCC1CCC(=O)C1OC(C)=O.